The van der Waals surface area contributed by atoms with Crippen LogP contribution in [-0.4, -0.2) is 26.0 Å². The van der Waals surface area contributed by atoms with E-state index in [9.17, 15) is 4.79 Å². The van der Waals surface area contributed by atoms with Crippen LogP contribution >= 0.6 is 0 Å². The van der Waals surface area contributed by atoms with Crippen molar-refractivity contribution >= 4 is 17.3 Å². The summed E-state index contributed by atoms with van der Waals surface area (Å²) in [4.78, 5) is 13.9. The van der Waals surface area contributed by atoms with Crippen molar-refractivity contribution in [1.82, 2.24) is 5.32 Å². The molecule has 0 saturated heterocycles. The summed E-state index contributed by atoms with van der Waals surface area (Å²) in [7, 11) is 1.62. The van der Waals surface area contributed by atoms with Gasteiger partial charge in [-0.25, -0.2) is 0 Å². The van der Waals surface area contributed by atoms with Crippen LogP contribution in [0.5, 0.6) is 0 Å². The minimum atomic E-state index is -0.109. The maximum Gasteiger partial charge on any atom is 0.251 e. The van der Waals surface area contributed by atoms with Gasteiger partial charge in [-0.05, 0) is 30.0 Å². The number of anilines is 2. The Kier molecular flexibility index (Phi) is 5.86. The topological polar surface area (TPSA) is 58.4 Å². The molecule has 0 fully saturated rings. The minimum absolute atomic E-state index is 0.109. The Balaban J connectivity index is 3.04. The highest BCUT2D eigenvalue weighted by atomic mass is 16.1. The average Bonchev–Trinajstić information content (AvgIpc) is 2.35. The maximum atomic E-state index is 11.6. The van der Waals surface area contributed by atoms with E-state index in [4.69, 9.17) is 5.73 Å². The van der Waals surface area contributed by atoms with E-state index in [1.807, 2.05) is 12.1 Å². The third kappa shape index (κ3) is 4.44. The molecular formula is C16H27N3O. The molecule has 0 unspecified atom stereocenters. The van der Waals surface area contributed by atoms with E-state index in [1.165, 1.54) is 0 Å². The van der Waals surface area contributed by atoms with Crippen LogP contribution in [-0.2, 0) is 0 Å². The second-order valence-corrected chi connectivity index (χ2v) is 6.05. The molecule has 4 heteroatoms. The van der Waals surface area contributed by atoms with Crippen LogP contribution in [0.4, 0.5) is 11.4 Å². The van der Waals surface area contributed by atoms with E-state index in [2.05, 4.69) is 37.9 Å². The second-order valence-electron chi connectivity index (χ2n) is 6.05. The Morgan fingerprint density at radius 1 is 1.20 bits per heavy atom. The van der Waals surface area contributed by atoms with Crippen molar-refractivity contribution in [2.45, 2.75) is 27.7 Å². The lowest BCUT2D eigenvalue weighted by atomic mass is 10.1. The van der Waals surface area contributed by atoms with Gasteiger partial charge < -0.3 is 16.0 Å². The van der Waals surface area contributed by atoms with Gasteiger partial charge in [-0.3, -0.25) is 4.79 Å². The monoisotopic (exact) mass is 277 g/mol. The smallest absolute Gasteiger partial charge is 0.251 e. The van der Waals surface area contributed by atoms with Crippen LogP contribution in [0.25, 0.3) is 0 Å². The Labute approximate surface area is 122 Å². The molecule has 0 saturated carbocycles. The normalized spacial score (nSPS) is 10.9. The van der Waals surface area contributed by atoms with Gasteiger partial charge in [0.15, 0.2) is 0 Å². The Hall–Kier alpha value is -1.71. The maximum absolute atomic E-state index is 11.6. The summed E-state index contributed by atoms with van der Waals surface area (Å²) in [6.07, 6.45) is 0. The lowest BCUT2D eigenvalue weighted by molar-refractivity contribution is 0.0963. The number of hydrogen-bond acceptors (Lipinski definition) is 3. The third-order valence-electron chi connectivity index (χ3n) is 3.03. The van der Waals surface area contributed by atoms with E-state index in [0.29, 0.717) is 23.1 Å². The van der Waals surface area contributed by atoms with Gasteiger partial charge in [0.05, 0.1) is 11.4 Å². The zero-order chi connectivity index (χ0) is 15.3. The summed E-state index contributed by atoms with van der Waals surface area (Å²) in [5.74, 6) is 1.01. The predicted octanol–water partition coefficient (Wildman–Crippen LogP) is 2.75. The van der Waals surface area contributed by atoms with Crippen LogP contribution in [0.15, 0.2) is 18.2 Å². The van der Waals surface area contributed by atoms with Gasteiger partial charge in [-0.2, -0.15) is 0 Å². The van der Waals surface area contributed by atoms with Crippen molar-refractivity contribution in [1.29, 1.82) is 0 Å². The lowest BCUT2D eigenvalue weighted by Crippen LogP contribution is -2.32. The zero-order valence-corrected chi connectivity index (χ0v) is 13.2. The molecular weight excluding hydrogens is 250 g/mol. The Bertz CT molecular complexity index is 445. The van der Waals surface area contributed by atoms with Gasteiger partial charge >= 0.3 is 0 Å². The summed E-state index contributed by atoms with van der Waals surface area (Å²) in [5, 5.41) is 2.61. The molecule has 1 rings (SSSR count). The van der Waals surface area contributed by atoms with E-state index >= 15 is 0 Å². The fourth-order valence-electron chi connectivity index (χ4n) is 2.28. The molecule has 1 aromatic rings. The molecule has 0 aliphatic heterocycles. The summed E-state index contributed by atoms with van der Waals surface area (Å²) in [5.41, 5.74) is 8.42. The molecule has 1 amide bonds. The van der Waals surface area contributed by atoms with Gasteiger partial charge in [0.25, 0.3) is 5.91 Å². The number of nitrogens with two attached hydrogens (primary N) is 1. The average molecular weight is 277 g/mol. The first-order valence-corrected chi connectivity index (χ1v) is 7.21. The molecule has 0 bridgehead atoms. The summed E-state index contributed by atoms with van der Waals surface area (Å²) < 4.78 is 0. The summed E-state index contributed by atoms with van der Waals surface area (Å²) in [6, 6.07) is 5.53. The van der Waals surface area contributed by atoms with Crippen LogP contribution in [0, 0.1) is 11.8 Å². The van der Waals surface area contributed by atoms with Gasteiger partial charge in [0.2, 0.25) is 0 Å². The van der Waals surface area contributed by atoms with E-state index in [0.717, 1.165) is 18.8 Å². The largest absolute Gasteiger partial charge is 0.397 e. The fourth-order valence-corrected chi connectivity index (χ4v) is 2.28. The van der Waals surface area contributed by atoms with Crippen LogP contribution in [0.2, 0.25) is 0 Å². The Morgan fingerprint density at radius 3 is 2.15 bits per heavy atom. The first kappa shape index (κ1) is 16.3. The fraction of sp³-hybridized carbons (Fsp3) is 0.562. The van der Waals surface area contributed by atoms with Crippen LogP contribution in [0.3, 0.4) is 0 Å². The van der Waals surface area contributed by atoms with Crippen LogP contribution in [0.1, 0.15) is 38.1 Å². The highest BCUT2D eigenvalue weighted by Crippen LogP contribution is 2.26. The molecule has 0 aromatic heterocycles. The molecule has 0 atom stereocenters. The molecule has 0 aliphatic carbocycles. The number of carbonyl (C=O) groups is 1. The number of nitrogen functional groups attached to an aromatic ring is 1. The van der Waals surface area contributed by atoms with Crippen molar-refractivity contribution in [2.24, 2.45) is 11.8 Å². The predicted molar refractivity (Wildman–Crippen MR) is 86.1 cm³/mol. The number of amides is 1. The van der Waals surface area contributed by atoms with Crippen molar-refractivity contribution in [2.75, 3.05) is 30.8 Å². The zero-order valence-electron chi connectivity index (χ0n) is 13.2. The van der Waals surface area contributed by atoms with E-state index < -0.39 is 0 Å². The van der Waals surface area contributed by atoms with E-state index in [1.54, 1.807) is 13.1 Å². The molecule has 4 nitrogen and oxygen atoms in total. The van der Waals surface area contributed by atoms with Crippen molar-refractivity contribution in [3.8, 4) is 0 Å². The molecule has 1 aromatic carbocycles. The van der Waals surface area contributed by atoms with Gasteiger partial charge in [0.1, 0.15) is 0 Å². The number of nitrogens with zero attached hydrogens (tertiary/aromatic N) is 1. The quantitative estimate of drug-likeness (QED) is 0.786. The Morgan fingerprint density at radius 2 is 1.75 bits per heavy atom. The molecule has 20 heavy (non-hydrogen) atoms. The number of carbonyl (C=O) groups excluding carboxylic acids is 1. The molecule has 112 valence electrons. The van der Waals surface area contributed by atoms with Crippen molar-refractivity contribution < 1.29 is 4.79 Å². The number of hydrogen-bond donors (Lipinski definition) is 2. The molecule has 0 spiro atoms. The highest BCUT2D eigenvalue weighted by Gasteiger charge is 2.14. The first-order chi connectivity index (χ1) is 9.35. The third-order valence-corrected chi connectivity index (χ3v) is 3.03. The highest BCUT2D eigenvalue weighted by molar-refractivity contribution is 5.96. The summed E-state index contributed by atoms with van der Waals surface area (Å²) >= 11 is 0. The van der Waals surface area contributed by atoms with Crippen molar-refractivity contribution in [3.63, 3.8) is 0 Å². The first-order valence-electron chi connectivity index (χ1n) is 7.21. The molecule has 0 heterocycles. The van der Waals surface area contributed by atoms with Crippen molar-refractivity contribution in [3.05, 3.63) is 23.8 Å². The molecule has 0 radical (unpaired) electrons. The van der Waals surface area contributed by atoms with Gasteiger partial charge in [-0.15, -0.1) is 0 Å². The number of benzene rings is 1. The van der Waals surface area contributed by atoms with Gasteiger partial charge in [-0.1, -0.05) is 27.7 Å². The second kappa shape index (κ2) is 7.17. The minimum Gasteiger partial charge on any atom is -0.397 e. The van der Waals surface area contributed by atoms with Gasteiger partial charge in [0, 0.05) is 25.7 Å². The SMILES string of the molecule is CNC(=O)c1ccc(N(CC(C)C)CC(C)C)c(N)c1. The standard InChI is InChI=1S/C16H27N3O/c1-11(2)9-19(10-12(3)4)15-7-6-13(8-14(15)17)16(20)18-5/h6-8,11-12H,9-10,17H2,1-5H3,(H,18,20). The number of rotatable bonds is 6. The van der Waals surface area contributed by atoms with Crippen LogP contribution < -0.4 is 16.0 Å². The molecule has 0 aliphatic rings. The van der Waals surface area contributed by atoms with E-state index in [-0.39, 0.29) is 5.91 Å². The lowest BCUT2D eigenvalue weighted by Gasteiger charge is -2.29. The summed E-state index contributed by atoms with van der Waals surface area (Å²) in [6.45, 7) is 10.7. The molecule has 3 N–H and O–H groups in total. The number of nitrogens with one attached hydrogen (secondary N) is 1.